The molecule has 142 valence electrons. The fourth-order valence-corrected chi connectivity index (χ4v) is 3.49. The first-order chi connectivity index (χ1) is 13.3. The molecule has 0 bridgehead atoms. The minimum Gasteiger partial charge on any atom is -0.303 e. The van der Waals surface area contributed by atoms with E-state index in [-0.39, 0.29) is 23.8 Å². The number of hydrogen-bond acceptors (Lipinski definition) is 3. The van der Waals surface area contributed by atoms with Crippen LogP contribution in [0.5, 0.6) is 0 Å². The minimum atomic E-state index is -0.439. The van der Waals surface area contributed by atoms with Crippen LogP contribution in [0.1, 0.15) is 16.7 Å². The summed E-state index contributed by atoms with van der Waals surface area (Å²) in [5.41, 5.74) is 4.36. The van der Waals surface area contributed by atoms with Gasteiger partial charge in [-0.1, -0.05) is 35.9 Å². The summed E-state index contributed by atoms with van der Waals surface area (Å²) in [7, 11) is 3.42. The molecule has 1 saturated heterocycles. The van der Waals surface area contributed by atoms with Crippen LogP contribution in [0.2, 0.25) is 0 Å². The average molecular weight is 376 g/mol. The number of fused-ring (bicyclic) bond motifs is 1. The number of benzene rings is 2. The maximum absolute atomic E-state index is 12.7. The maximum atomic E-state index is 12.7. The predicted molar refractivity (Wildman–Crippen MR) is 106 cm³/mol. The molecule has 2 aromatic carbocycles. The number of nitrogens with one attached hydrogen (secondary N) is 1. The number of imidazole rings is 1. The molecule has 0 aliphatic carbocycles. The zero-order valence-electron chi connectivity index (χ0n) is 15.9. The second kappa shape index (κ2) is 6.53. The van der Waals surface area contributed by atoms with E-state index in [4.69, 9.17) is 0 Å². The molecule has 0 radical (unpaired) electrons. The van der Waals surface area contributed by atoms with Crippen molar-refractivity contribution in [2.75, 3.05) is 0 Å². The van der Waals surface area contributed by atoms with Crippen LogP contribution in [0, 0.1) is 6.92 Å². The van der Waals surface area contributed by atoms with Crippen molar-refractivity contribution in [1.29, 1.82) is 0 Å². The number of urea groups is 1. The van der Waals surface area contributed by atoms with Crippen LogP contribution >= 0.6 is 0 Å². The van der Waals surface area contributed by atoms with E-state index >= 15 is 0 Å². The highest BCUT2D eigenvalue weighted by molar-refractivity contribution is 6.14. The van der Waals surface area contributed by atoms with Crippen molar-refractivity contribution >= 4 is 29.0 Å². The highest BCUT2D eigenvalue weighted by Crippen LogP contribution is 2.20. The van der Waals surface area contributed by atoms with E-state index in [9.17, 15) is 14.4 Å². The lowest BCUT2D eigenvalue weighted by atomic mass is 10.1. The van der Waals surface area contributed by atoms with Crippen molar-refractivity contribution in [2.24, 2.45) is 14.1 Å². The number of aryl methyl sites for hydroxylation is 3. The van der Waals surface area contributed by atoms with Crippen LogP contribution in [0.3, 0.4) is 0 Å². The summed E-state index contributed by atoms with van der Waals surface area (Å²) in [5.74, 6) is -0.367. The largest absolute Gasteiger partial charge is 0.329 e. The summed E-state index contributed by atoms with van der Waals surface area (Å²) in [6.07, 6.45) is 1.63. The quantitative estimate of drug-likeness (QED) is 0.563. The van der Waals surface area contributed by atoms with Gasteiger partial charge in [-0.3, -0.25) is 18.8 Å². The van der Waals surface area contributed by atoms with Crippen molar-refractivity contribution < 1.29 is 9.59 Å². The van der Waals surface area contributed by atoms with E-state index in [0.717, 1.165) is 27.7 Å². The van der Waals surface area contributed by atoms with Gasteiger partial charge in [-0.15, -0.1) is 0 Å². The van der Waals surface area contributed by atoms with Gasteiger partial charge in [0, 0.05) is 14.1 Å². The smallest absolute Gasteiger partial charge is 0.303 e. The van der Waals surface area contributed by atoms with Gasteiger partial charge in [-0.25, -0.2) is 9.59 Å². The van der Waals surface area contributed by atoms with E-state index in [1.54, 1.807) is 29.3 Å². The van der Waals surface area contributed by atoms with Crippen LogP contribution in [-0.4, -0.2) is 26.0 Å². The van der Waals surface area contributed by atoms with E-state index in [0.29, 0.717) is 0 Å². The summed E-state index contributed by atoms with van der Waals surface area (Å²) in [4.78, 5) is 38.3. The number of amides is 3. The van der Waals surface area contributed by atoms with Gasteiger partial charge in [-0.2, -0.15) is 0 Å². The minimum absolute atomic E-state index is 0.116. The lowest BCUT2D eigenvalue weighted by Gasteiger charge is -2.12. The average Bonchev–Trinajstić information content (AvgIpc) is 3.05. The molecule has 2 heterocycles. The number of aromatic nitrogens is 2. The van der Waals surface area contributed by atoms with E-state index < -0.39 is 6.03 Å². The molecule has 1 N–H and O–H groups in total. The Bertz CT molecular complexity index is 1220. The fraction of sp³-hybridized carbons (Fsp3) is 0.190. The van der Waals surface area contributed by atoms with Crippen LogP contribution in [0.25, 0.3) is 17.1 Å². The van der Waals surface area contributed by atoms with Gasteiger partial charge in [0.25, 0.3) is 5.91 Å². The first kappa shape index (κ1) is 17.8. The molecule has 7 heteroatoms. The summed E-state index contributed by atoms with van der Waals surface area (Å²) in [6.45, 7) is 2.18. The van der Waals surface area contributed by atoms with E-state index in [1.807, 2.05) is 49.4 Å². The standard InChI is InChI=1S/C21H20N4O3/c1-13-5-4-6-15(9-13)12-25-19(26)16(22-20(25)27)10-14-7-8-17-18(11-14)24(3)21(28)23(17)2/h4-11H,12H2,1-3H3,(H,22,27). The Hall–Kier alpha value is -3.61. The van der Waals surface area contributed by atoms with Gasteiger partial charge in [0.2, 0.25) is 0 Å². The fourth-order valence-electron chi connectivity index (χ4n) is 3.49. The number of hydrogen-bond donors (Lipinski definition) is 1. The molecule has 3 aromatic rings. The molecule has 3 amide bonds. The Labute approximate surface area is 161 Å². The maximum Gasteiger partial charge on any atom is 0.329 e. The Morgan fingerprint density at radius 1 is 0.964 bits per heavy atom. The van der Waals surface area contributed by atoms with Crippen molar-refractivity contribution in [2.45, 2.75) is 13.5 Å². The number of nitrogens with zero attached hydrogens (tertiary/aromatic N) is 3. The van der Waals surface area contributed by atoms with Gasteiger partial charge < -0.3 is 5.32 Å². The SMILES string of the molecule is Cc1cccc(CN2C(=O)NC(=Cc3ccc4c(c3)n(C)c(=O)n4C)C2=O)c1. The molecule has 4 rings (SSSR count). The Balaban J connectivity index is 1.64. The second-order valence-electron chi connectivity index (χ2n) is 7.02. The number of rotatable bonds is 3. The molecule has 0 atom stereocenters. The highest BCUT2D eigenvalue weighted by atomic mass is 16.2. The van der Waals surface area contributed by atoms with Crippen LogP contribution in [-0.2, 0) is 25.4 Å². The van der Waals surface area contributed by atoms with Crippen molar-refractivity contribution in [1.82, 2.24) is 19.4 Å². The van der Waals surface area contributed by atoms with E-state index in [1.165, 1.54) is 4.90 Å². The zero-order valence-corrected chi connectivity index (χ0v) is 15.9. The van der Waals surface area contributed by atoms with Gasteiger partial charge in [-0.05, 0) is 36.3 Å². The number of imide groups is 1. The monoisotopic (exact) mass is 376 g/mol. The van der Waals surface area contributed by atoms with E-state index in [2.05, 4.69) is 5.32 Å². The molecule has 1 fully saturated rings. The Morgan fingerprint density at radius 2 is 1.71 bits per heavy atom. The van der Waals surface area contributed by atoms with Crippen molar-refractivity contribution in [3.63, 3.8) is 0 Å². The van der Waals surface area contributed by atoms with Gasteiger partial charge in [0.1, 0.15) is 5.70 Å². The van der Waals surface area contributed by atoms with Crippen LogP contribution in [0.4, 0.5) is 4.79 Å². The Morgan fingerprint density at radius 3 is 2.46 bits per heavy atom. The molecule has 0 unspecified atom stereocenters. The molecule has 1 aliphatic rings. The lowest BCUT2D eigenvalue weighted by molar-refractivity contribution is -0.123. The molecule has 0 saturated carbocycles. The summed E-state index contributed by atoms with van der Waals surface area (Å²) in [5, 5.41) is 2.64. The zero-order chi connectivity index (χ0) is 20.0. The molecule has 28 heavy (non-hydrogen) atoms. The summed E-state index contributed by atoms with van der Waals surface area (Å²) >= 11 is 0. The Kier molecular flexibility index (Phi) is 4.15. The van der Waals surface area contributed by atoms with Gasteiger partial charge in [0.05, 0.1) is 17.6 Å². The van der Waals surface area contributed by atoms with Gasteiger partial charge in [0.15, 0.2) is 0 Å². The summed E-state index contributed by atoms with van der Waals surface area (Å²) in [6, 6.07) is 12.7. The number of carbonyl (C=O) groups is 2. The number of carbonyl (C=O) groups excluding carboxylic acids is 2. The molecule has 1 aliphatic heterocycles. The predicted octanol–water partition coefficient (Wildman–Crippen LogP) is 2.28. The normalized spacial score (nSPS) is 15.7. The molecular formula is C21H20N4O3. The third-order valence-corrected chi connectivity index (χ3v) is 4.99. The van der Waals surface area contributed by atoms with Crippen LogP contribution in [0.15, 0.2) is 53.0 Å². The topological polar surface area (TPSA) is 76.3 Å². The lowest BCUT2D eigenvalue weighted by Crippen LogP contribution is -2.30. The summed E-state index contributed by atoms with van der Waals surface area (Å²) < 4.78 is 3.12. The third-order valence-electron chi connectivity index (χ3n) is 4.99. The first-order valence-corrected chi connectivity index (χ1v) is 8.90. The molecule has 7 nitrogen and oxygen atoms in total. The first-order valence-electron chi connectivity index (χ1n) is 8.90. The second-order valence-corrected chi connectivity index (χ2v) is 7.02. The molecular weight excluding hydrogens is 356 g/mol. The van der Waals surface area contributed by atoms with Gasteiger partial charge >= 0.3 is 11.7 Å². The molecule has 1 aromatic heterocycles. The van der Waals surface area contributed by atoms with Crippen molar-refractivity contribution in [3.05, 3.63) is 75.3 Å². The molecule has 0 spiro atoms. The highest BCUT2D eigenvalue weighted by Gasteiger charge is 2.33. The van der Waals surface area contributed by atoms with Crippen molar-refractivity contribution in [3.8, 4) is 0 Å². The third kappa shape index (κ3) is 2.90. The van der Waals surface area contributed by atoms with Crippen LogP contribution < -0.4 is 11.0 Å².